The van der Waals surface area contributed by atoms with Crippen molar-refractivity contribution in [2.45, 2.75) is 109 Å². The molecule has 1 saturated carbocycles. The van der Waals surface area contributed by atoms with Crippen LogP contribution in [0.25, 0.3) is 0 Å². The largest absolute Gasteiger partial charge is 0.452 e. The molecule has 14 aliphatic rings. The van der Waals surface area contributed by atoms with Gasteiger partial charge >= 0.3 is 11.8 Å². The minimum Gasteiger partial charge on any atom is -0.452 e. The number of aliphatic imine (C=N–C) groups is 4. The number of rotatable bonds is 0. The Kier molecular flexibility index (Phi) is 90.2. The summed E-state index contributed by atoms with van der Waals surface area (Å²) in [6, 6.07) is 3.23. The van der Waals surface area contributed by atoms with Crippen molar-refractivity contribution in [3.05, 3.63) is 247 Å². The van der Waals surface area contributed by atoms with E-state index in [9.17, 15) is 28.8 Å². The van der Waals surface area contributed by atoms with Crippen LogP contribution in [0.3, 0.4) is 0 Å². The number of ether oxygens (including phenoxy) is 2. The lowest BCUT2D eigenvalue weighted by atomic mass is 10.4. The van der Waals surface area contributed by atoms with Crippen LogP contribution >= 0.6 is 80.8 Å². The summed E-state index contributed by atoms with van der Waals surface area (Å²) < 4.78 is 46.3. The van der Waals surface area contributed by atoms with Crippen molar-refractivity contribution >= 4 is 147 Å². The molecule has 11 aliphatic heterocycles. The van der Waals surface area contributed by atoms with Gasteiger partial charge in [-0.15, -0.1) is 53.3 Å². The lowest BCUT2D eigenvalue weighted by molar-refractivity contribution is -0.119. The van der Waals surface area contributed by atoms with Crippen molar-refractivity contribution in [2.24, 2.45) is 40.4 Å². The Morgan fingerprint density at radius 2 is 1.24 bits per heavy atom. The van der Waals surface area contributed by atoms with Crippen LogP contribution in [0.1, 0.15) is 109 Å². The summed E-state index contributed by atoms with van der Waals surface area (Å²) in [5.74, 6) is 2.00. The number of thioether (sulfide) groups is 2. The van der Waals surface area contributed by atoms with E-state index in [1.807, 2.05) is 82.0 Å². The van der Waals surface area contributed by atoms with E-state index in [0.717, 1.165) is 90.1 Å². The van der Waals surface area contributed by atoms with Crippen LogP contribution < -0.4 is 27.0 Å². The van der Waals surface area contributed by atoms with E-state index in [0.29, 0.717) is 5.75 Å². The number of nitrogens with one attached hydrogen (secondary N) is 5. The van der Waals surface area contributed by atoms with Gasteiger partial charge in [0.2, 0.25) is 36.9 Å². The standard InChI is InChI=1S/C5H10.2C5H8.C4H7NO.2C4H5N.C4H8O.C4H6O.C4H6S.C3H4N2O2.3C3H4N2.C3H3NO2S.2C3H3NO.2C3H3NS.C2H2N2O2.3C2H2N2O.3C2H2N2S/c3*1-2-4-5-3-1;6-4-2-1-3-5-4;5*1-2-4-5-3-1;6-2-1-4-3(7)5-2;1-2-5-3-4-1;2*1-2-4-5-3-1;5-2-1-7-3(6)4-2;1-2-5-3-4-1;1-2-4-5-3-1;1-2-5-3-4-1;1-2-4-5-3-1;5-2-3-1-4-6-2;1-3-4-2-5-1;1-3-2-5-4-1;1-2-5-4-3-1;1-3-4-2-5-1;1-3-2-5-4-1;1-2-5-4-3-1/h1-5H2;2*1-2H,3-5H2;1-3H2,(H,5,6);1,3-4H,2H2;1-3H,4H2;1-4H2;2*1-2H,3-4H2;1H2,(H2,4,5,6,7);1,3H,2H2;2-3H,1H2;1-2H,3H2;1H2,(H,4,5,6);4*1-3H;1H,(H,3,4,5);6*1-2H. The van der Waals surface area contributed by atoms with Crippen molar-refractivity contribution < 1.29 is 60.4 Å². The molecule has 5 fully saturated rings. The predicted molar refractivity (Wildman–Crippen MR) is 509 cm³/mol. The first-order valence-electron chi connectivity index (χ1n) is 39.9. The number of allylic oxidation sites excluding steroid dienone is 6. The van der Waals surface area contributed by atoms with E-state index < -0.39 is 11.8 Å². The number of imide groups is 2. The van der Waals surface area contributed by atoms with Gasteiger partial charge in [-0.25, -0.2) is 33.9 Å². The van der Waals surface area contributed by atoms with E-state index in [4.69, 9.17) is 9.47 Å². The molecule has 44 nitrogen and oxygen atoms in total. The highest BCUT2D eigenvalue weighted by molar-refractivity contribution is 8.14. The Bertz CT molecular complexity index is 3590. The number of aromatic nitrogens is 18. The molecule has 11 aromatic rings. The molecular formula is C80H108N30O14S7. The molecule has 0 bridgehead atoms. The molecule has 4 saturated heterocycles. The van der Waals surface area contributed by atoms with E-state index in [1.165, 1.54) is 210 Å². The maximum absolute atomic E-state index is 10.1. The van der Waals surface area contributed by atoms with Crippen molar-refractivity contribution in [3.8, 4) is 0 Å². The first-order valence-corrected chi connectivity index (χ1v) is 46.4. The molecule has 0 radical (unpaired) electrons. The van der Waals surface area contributed by atoms with Gasteiger partial charge in [0, 0.05) is 128 Å². The fourth-order valence-corrected chi connectivity index (χ4v) is 10.2. The Labute approximate surface area is 785 Å². The normalized spacial score (nSPS) is 14.9. The molecule has 11 aromatic heterocycles. The zero-order valence-electron chi connectivity index (χ0n) is 71.7. The number of urea groups is 1. The van der Waals surface area contributed by atoms with Crippen molar-refractivity contribution in [1.29, 1.82) is 0 Å². The van der Waals surface area contributed by atoms with E-state index in [2.05, 4.69) is 209 Å². The van der Waals surface area contributed by atoms with Gasteiger partial charge < -0.3 is 42.5 Å². The second-order valence-corrected chi connectivity index (χ2v) is 28.5. The molecular weight excluding hydrogens is 1830 g/mol. The van der Waals surface area contributed by atoms with E-state index in [-0.39, 0.29) is 29.5 Å². The Hall–Kier alpha value is -13.3. The highest BCUT2D eigenvalue weighted by atomic mass is 32.2. The van der Waals surface area contributed by atoms with Crippen LogP contribution in [-0.4, -0.2) is 232 Å². The zero-order valence-corrected chi connectivity index (χ0v) is 77.5. The maximum atomic E-state index is 10.1. The van der Waals surface area contributed by atoms with Gasteiger partial charge in [-0.2, -0.15) is 36.6 Å². The molecule has 131 heavy (non-hydrogen) atoms. The molecule has 0 atom stereocenters. The minimum absolute atomic E-state index is 0.124. The fourth-order valence-electron chi connectivity index (χ4n) is 7.53. The Morgan fingerprint density at radius 1 is 0.458 bits per heavy atom. The van der Waals surface area contributed by atoms with Crippen LogP contribution in [0.5, 0.6) is 0 Å². The number of carbonyl (C=O) groups excluding carboxylic acids is 5. The third-order valence-corrected chi connectivity index (χ3v) is 17.0. The smallest absolute Gasteiger partial charge is 0.438 e. The highest BCUT2D eigenvalue weighted by Gasteiger charge is 2.17. The number of carbonyl (C=O) groups is 5. The van der Waals surface area contributed by atoms with Gasteiger partial charge in [0.1, 0.15) is 54.3 Å². The van der Waals surface area contributed by atoms with Gasteiger partial charge in [-0.1, -0.05) is 125 Å². The summed E-state index contributed by atoms with van der Waals surface area (Å²) in [7, 11) is 0. The maximum Gasteiger partial charge on any atom is 0.438 e. The summed E-state index contributed by atoms with van der Waals surface area (Å²) >= 11 is 10.2. The zero-order chi connectivity index (χ0) is 93.6. The minimum atomic E-state index is -0.519. The third kappa shape index (κ3) is 100. The molecule has 3 aliphatic carbocycles. The molecule has 0 unspecified atom stereocenters. The lowest BCUT2D eigenvalue weighted by Crippen LogP contribution is -2.22. The summed E-state index contributed by atoms with van der Waals surface area (Å²) in [6.07, 6.45) is 84.6. The highest BCUT2D eigenvalue weighted by Crippen LogP contribution is 2.15. The first-order chi connectivity index (χ1) is 64.9. The van der Waals surface area contributed by atoms with Gasteiger partial charge in [0.15, 0.2) is 12.7 Å². The van der Waals surface area contributed by atoms with Gasteiger partial charge in [0.25, 0.3) is 5.24 Å². The molecule has 704 valence electrons. The van der Waals surface area contributed by atoms with Crippen LogP contribution in [0.2, 0.25) is 0 Å². The fraction of sp³-hybridized carbons (Fsp3) is 0.362. The average molecular weight is 1940 g/mol. The summed E-state index contributed by atoms with van der Waals surface area (Å²) in [5, 5.41) is 61.9. The van der Waals surface area contributed by atoms with Crippen LogP contribution in [0.15, 0.2) is 308 Å². The average Bonchev–Trinajstić information content (AvgIpc) is 1.84. The summed E-state index contributed by atoms with van der Waals surface area (Å²) in [4.78, 5) is 91.7. The number of nitrogens with zero attached hydrogens (tertiary/aromatic N) is 25. The molecule has 6 amide bonds. The van der Waals surface area contributed by atoms with Crippen molar-refractivity contribution in [3.63, 3.8) is 0 Å². The molecule has 5 N–H and O–H groups in total. The first kappa shape index (κ1) is 116. The number of H-pyrrole nitrogens is 1. The molecule has 51 heteroatoms. The molecule has 0 spiro atoms. The molecule has 0 aromatic carbocycles. The van der Waals surface area contributed by atoms with E-state index in [1.54, 1.807) is 114 Å². The lowest BCUT2D eigenvalue weighted by Gasteiger charge is -1.80. The number of amides is 6. The number of oxazole rings is 1. The summed E-state index contributed by atoms with van der Waals surface area (Å²) in [6.45, 7) is 7.09. The van der Waals surface area contributed by atoms with Crippen LogP contribution in [0, 0.1) is 0 Å². The number of hydrogen-bond donors (Lipinski definition) is 5. The number of thiazole rings is 1. The number of hydrogen-bond acceptors (Lipinski definition) is 46. The second-order valence-electron chi connectivity index (χ2n) is 23.1. The van der Waals surface area contributed by atoms with Gasteiger partial charge in [-0.3, -0.25) is 59.3 Å². The van der Waals surface area contributed by atoms with Crippen LogP contribution in [0.4, 0.5) is 9.59 Å². The predicted octanol–water partition coefficient (Wildman–Crippen LogP) is 14.7. The van der Waals surface area contributed by atoms with Crippen molar-refractivity contribution in [2.75, 3.05) is 76.4 Å². The van der Waals surface area contributed by atoms with Crippen molar-refractivity contribution in [1.82, 2.24) is 111 Å². The summed E-state index contributed by atoms with van der Waals surface area (Å²) in [5.41, 5.74) is 6.83. The monoisotopic (exact) mass is 1940 g/mol. The molecule has 25 rings (SSSR count). The Balaban J connectivity index is 0.000000683. The second kappa shape index (κ2) is 102. The Morgan fingerprint density at radius 3 is 1.42 bits per heavy atom. The number of aromatic amines is 1. The SMILES string of the molecule is C1=CCCC1.C1=CCCC1.C1=CCN=C1.C1=CCOC1.C1=CCSC1.C1=CN=CC1.C1=CN=NC1.C1=NC=NC1.C1=NN=CC1.C1CCCC1.C1CCOC1.O=C1CCCN1.O=C1CNC(=O)N1.O=C1CSC(=O)N1.O=c1[nH]cno1.c1cnoc1.c1cnsc1.c1cocn1.c1conn1.c1cscn1.c1csnn1.c1ncon1.c1ncsn1.c1nnco1.c1nncs1. The van der Waals surface area contributed by atoms with Gasteiger partial charge in [-0.05, 0) is 117 Å². The van der Waals surface area contributed by atoms with E-state index >= 15 is 0 Å². The topological polar surface area (TPSA) is 582 Å². The quantitative estimate of drug-likeness (QED) is 0.0695. The van der Waals surface area contributed by atoms with Gasteiger partial charge in [0.05, 0.1) is 75.4 Å². The third-order valence-electron chi connectivity index (χ3n) is 13.1. The number of azo groups is 1. The molecule has 22 heterocycles. The van der Waals surface area contributed by atoms with Crippen LogP contribution in [-0.2, 0) is 23.9 Å².